The first kappa shape index (κ1) is 20.4. The zero-order chi connectivity index (χ0) is 19.6. The van der Waals surface area contributed by atoms with E-state index in [0.717, 1.165) is 9.87 Å². The van der Waals surface area contributed by atoms with Gasteiger partial charge < -0.3 is 9.84 Å². The van der Waals surface area contributed by atoms with Crippen LogP contribution in [-0.2, 0) is 14.8 Å². The molecular formula is C17H17Cl2NO5S. The van der Waals surface area contributed by atoms with Crippen LogP contribution < -0.4 is 9.04 Å². The lowest BCUT2D eigenvalue weighted by atomic mass is 10.1. The number of methoxy groups -OCH3 is 1. The zero-order valence-electron chi connectivity index (χ0n) is 14.3. The maximum atomic E-state index is 13.2. The Labute approximate surface area is 162 Å². The average molecular weight is 418 g/mol. The molecule has 0 radical (unpaired) electrons. The van der Waals surface area contributed by atoms with Gasteiger partial charge in [-0.15, -0.1) is 0 Å². The minimum Gasteiger partial charge on any atom is -0.495 e. The molecule has 0 saturated carbocycles. The molecule has 0 heterocycles. The summed E-state index contributed by atoms with van der Waals surface area (Å²) in [4.78, 5) is 11.0. The van der Waals surface area contributed by atoms with E-state index in [0.29, 0.717) is 5.56 Å². The van der Waals surface area contributed by atoms with Crippen molar-refractivity contribution >= 4 is 44.9 Å². The van der Waals surface area contributed by atoms with Crippen molar-refractivity contribution in [2.45, 2.75) is 18.7 Å². The highest BCUT2D eigenvalue weighted by Gasteiger charge is 2.31. The fourth-order valence-electron chi connectivity index (χ4n) is 2.40. The molecule has 0 amide bonds. The number of aliphatic carboxylic acids is 1. The van der Waals surface area contributed by atoms with Crippen molar-refractivity contribution in [3.8, 4) is 5.75 Å². The number of carboxylic acid groups (broad SMARTS) is 1. The average Bonchev–Trinajstić information content (AvgIpc) is 2.57. The number of hydrogen-bond acceptors (Lipinski definition) is 4. The summed E-state index contributed by atoms with van der Waals surface area (Å²) < 4.78 is 32.2. The number of benzene rings is 2. The van der Waals surface area contributed by atoms with E-state index in [1.54, 1.807) is 26.0 Å². The Balaban J connectivity index is 2.70. The molecule has 1 N–H and O–H groups in total. The Bertz CT molecular complexity index is 960. The Morgan fingerprint density at radius 2 is 1.81 bits per heavy atom. The molecule has 2 aromatic carbocycles. The maximum Gasteiger partial charge on any atom is 0.324 e. The first-order valence-corrected chi connectivity index (χ1v) is 9.63. The van der Waals surface area contributed by atoms with Crippen LogP contribution in [0.3, 0.4) is 0 Å². The highest BCUT2D eigenvalue weighted by Crippen LogP contribution is 2.39. The van der Waals surface area contributed by atoms with E-state index in [2.05, 4.69) is 0 Å². The Morgan fingerprint density at radius 1 is 1.15 bits per heavy atom. The second kappa shape index (κ2) is 7.73. The number of anilines is 1. The van der Waals surface area contributed by atoms with Crippen molar-refractivity contribution in [2.24, 2.45) is 0 Å². The van der Waals surface area contributed by atoms with Gasteiger partial charge in [-0.05, 0) is 43.2 Å². The van der Waals surface area contributed by atoms with Gasteiger partial charge in [-0.25, -0.2) is 8.42 Å². The zero-order valence-corrected chi connectivity index (χ0v) is 16.6. The molecule has 0 fully saturated rings. The van der Waals surface area contributed by atoms with Gasteiger partial charge in [0.15, 0.2) is 0 Å². The number of nitrogens with zero attached hydrogens (tertiary/aromatic N) is 1. The monoisotopic (exact) mass is 417 g/mol. The Kier molecular flexibility index (Phi) is 6.05. The lowest BCUT2D eigenvalue weighted by Crippen LogP contribution is -2.36. The number of sulfonamides is 1. The normalized spacial score (nSPS) is 11.3. The van der Waals surface area contributed by atoms with Crippen LogP contribution in [0.5, 0.6) is 5.75 Å². The number of rotatable bonds is 6. The molecule has 0 aliphatic carbocycles. The number of ether oxygens (including phenoxy) is 1. The van der Waals surface area contributed by atoms with Gasteiger partial charge in [-0.1, -0.05) is 35.3 Å². The molecule has 0 saturated heterocycles. The molecule has 140 valence electrons. The molecule has 0 unspecified atom stereocenters. The van der Waals surface area contributed by atoms with E-state index < -0.39 is 22.5 Å². The standard InChI is InChI=1S/C17H17Cl2NO5S/c1-10-4-5-11(2)12(8-10)20(9-15(21)22)26(23,24)14-7-6-13(25-3)16(18)17(14)19/h4-8H,9H2,1-3H3,(H,21,22). The number of carbonyl (C=O) groups is 1. The lowest BCUT2D eigenvalue weighted by Gasteiger charge is -2.25. The fraction of sp³-hybridized carbons (Fsp3) is 0.235. The van der Waals surface area contributed by atoms with E-state index in [4.69, 9.17) is 27.9 Å². The molecule has 26 heavy (non-hydrogen) atoms. The van der Waals surface area contributed by atoms with Gasteiger partial charge in [0.25, 0.3) is 10.0 Å². The molecule has 6 nitrogen and oxygen atoms in total. The smallest absolute Gasteiger partial charge is 0.324 e. The quantitative estimate of drug-likeness (QED) is 0.770. The third-order valence-corrected chi connectivity index (χ3v) is 6.49. The van der Waals surface area contributed by atoms with E-state index in [1.165, 1.54) is 19.2 Å². The summed E-state index contributed by atoms with van der Waals surface area (Å²) in [6.07, 6.45) is 0. The predicted octanol–water partition coefficient (Wildman–Crippen LogP) is 3.90. The molecule has 0 aliphatic rings. The van der Waals surface area contributed by atoms with E-state index in [1.807, 2.05) is 6.07 Å². The highest BCUT2D eigenvalue weighted by atomic mass is 35.5. The molecule has 0 bridgehead atoms. The van der Waals surface area contributed by atoms with Crippen LogP contribution in [-0.4, -0.2) is 33.1 Å². The molecule has 0 atom stereocenters. The molecule has 0 aliphatic heterocycles. The van der Waals surface area contributed by atoms with Gasteiger partial charge in [0.05, 0.1) is 17.8 Å². The minimum absolute atomic E-state index is 0.0634. The maximum absolute atomic E-state index is 13.2. The van der Waals surface area contributed by atoms with Crippen LogP contribution in [0, 0.1) is 13.8 Å². The third kappa shape index (κ3) is 3.90. The van der Waals surface area contributed by atoms with Crippen LogP contribution in [0.1, 0.15) is 11.1 Å². The van der Waals surface area contributed by atoms with Crippen LogP contribution in [0.25, 0.3) is 0 Å². The second-order valence-corrected chi connectivity index (χ2v) is 8.18. The van der Waals surface area contributed by atoms with Crippen LogP contribution >= 0.6 is 23.2 Å². The number of carboxylic acids is 1. The van der Waals surface area contributed by atoms with Crippen LogP contribution in [0.2, 0.25) is 10.0 Å². The fourth-order valence-corrected chi connectivity index (χ4v) is 4.69. The van der Waals surface area contributed by atoms with Gasteiger partial charge in [0.1, 0.15) is 22.2 Å². The van der Waals surface area contributed by atoms with Gasteiger partial charge >= 0.3 is 5.97 Å². The summed E-state index contributed by atoms with van der Waals surface area (Å²) in [5.74, 6) is -1.09. The summed E-state index contributed by atoms with van der Waals surface area (Å²) in [7, 11) is -2.91. The number of aryl methyl sites for hydroxylation is 2. The van der Waals surface area contributed by atoms with Crippen LogP contribution in [0.4, 0.5) is 5.69 Å². The number of halogens is 2. The summed E-state index contributed by atoms with van der Waals surface area (Å²) in [5.41, 5.74) is 1.65. The molecule has 9 heteroatoms. The minimum atomic E-state index is -4.29. The summed E-state index contributed by atoms with van der Waals surface area (Å²) in [5, 5.41) is 8.94. The van der Waals surface area contributed by atoms with Crippen molar-refractivity contribution in [1.29, 1.82) is 0 Å². The van der Waals surface area contributed by atoms with E-state index in [9.17, 15) is 18.3 Å². The SMILES string of the molecule is COc1ccc(S(=O)(=O)N(CC(=O)O)c2cc(C)ccc2C)c(Cl)c1Cl. The number of hydrogen-bond donors (Lipinski definition) is 1. The van der Waals surface area contributed by atoms with Crippen molar-refractivity contribution in [1.82, 2.24) is 0 Å². The van der Waals surface area contributed by atoms with Gasteiger partial charge in [0.2, 0.25) is 0 Å². The molecule has 2 rings (SSSR count). The second-order valence-electron chi connectivity index (χ2n) is 5.59. The summed E-state index contributed by atoms with van der Waals surface area (Å²) in [6, 6.07) is 7.74. The van der Waals surface area contributed by atoms with Crippen molar-refractivity contribution in [3.63, 3.8) is 0 Å². The molecule has 0 spiro atoms. The molecule has 0 aromatic heterocycles. The first-order valence-electron chi connectivity index (χ1n) is 7.43. The van der Waals surface area contributed by atoms with Gasteiger partial charge in [-0.2, -0.15) is 0 Å². The topological polar surface area (TPSA) is 83.9 Å². The van der Waals surface area contributed by atoms with Crippen molar-refractivity contribution < 1.29 is 23.1 Å². The van der Waals surface area contributed by atoms with Crippen molar-refractivity contribution in [2.75, 3.05) is 18.0 Å². The summed E-state index contributed by atoms with van der Waals surface area (Å²) in [6.45, 7) is 2.72. The largest absolute Gasteiger partial charge is 0.495 e. The van der Waals surface area contributed by atoms with Gasteiger partial charge in [-0.3, -0.25) is 9.10 Å². The third-order valence-electron chi connectivity index (χ3n) is 3.71. The predicted molar refractivity (Wildman–Crippen MR) is 101 cm³/mol. The summed E-state index contributed by atoms with van der Waals surface area (Å²) >= 11 is 12.2. The highest BCUT2D eigenvalue weighted by molar-refractivity contribution is 7.93. The van der Waals surface area contributed by atoms with E-state index >= 15 is 0 Å². The molecule has 2 aromatic rings. The van der Waals surface area contributed by atoms with Crippen molar-refractivity contribution in [3.05, 3.63) is 51.5 Å². The van der Waals surface area contributed by atoms with Crippen LogP contribution in [0.15, 0.2) is 35.2 Å². The van der Waals surface area contributed by atoms with Gasteiger partial charge in [0, 0.05) is 0 Å². The molecular weight excluding hydrogens is 401 g/mol. The first-order chi connectivity index (χ1) is 12.1. The Hall–Kier alpha value is -1.96. The van der Waals surface area contributed by atoms with E-state index in [-0.39, 0.29) is 26.4 Å². The lowest BCUT2D eigenvalue weighted by molar-refractivity contribution is -0.135. The Morgan fingerprint density at radius 3 is 2.38 bits per heavy atom.